The van der Waals surface area contributed by atoms with E-state index < -0.39 is 6.36 Å². The molecule has 0 saturated carbocycles. The Labute approximate surface area is 211 Å². The van der Waals surface area contributed by atoms with Crippen LogP contribution in [0.25, 0.3) is 0 Å². The van der Waals surface area contributed by atoms with Gasteiger partial charge in [-0.15, -0.1) is 13.2 Å². The number of hydrogen-bond donors (Lipinski definition) is 2. The van der Waals surface area contributed by atoms with Gasteiger partial charge >= 0.3 is 6.36 Å². The minimum atomic E-state index is -4.73. The second-order valence-electron chi connectivity index (χ2n) is 8.14. The number of aromatic nitrogens is 3. The van der Waals surface area contributed by atoms with Crippen molar-refractivity contribution in [2.75, 3.05) is 41.3 Å². The largest absolute Gasteiger partial charge is 0.573 e. The molecule has 0 radical (unpaired) electrons. The summed E-state index contributed by atoms with van der Waals surface area (Å²) >= 11 is 0. The Morgan fingerprint density at radius 3 is 2.54 bits per heavy atom. The maximum atomic E-state index is 12.6. The fourth-order valence-corrected chi connectivity index (χ4v) is 3.83. The van der Waals surface area contributed by atoms with Crippen LogP contribution in [0.1, 0.15) is 12.5 Å². The van der Waals surface area contributed by atoms with Crippen molar-refractivity contribution in [3.8, 4) is 11.9 Å². The van der Waals surface area contributed by atoms with Gasteiger partial charge in [0, 0.05) is 43.6 Å². The van der Waals surface area contributed by atoms with E-state index in [1.165, 1.54) is 24.5 Å². The van der Waals surface area contributed by atoms with Gasteiger partial charge < -0.3 is 19.9 Å². The Balaban J connectivity index is 1.42. The molecule has 1 aliphatic heterocycles. The van der Waals surface area contributed by atoms with Crippen LogP contribution in [0.15, 0.2) is 53.8 Å². The molecule has 2 heterocycles. The second-order valence-corrected chi connectivity index (χ2v) is 8.14. The molecule has 13 heteroatoms. The van der Waals surface area contributed by atoms with Crippen molar-refractivity contribution in [3.05, 3.63) is 54.4 Å². The van der Waals surface area contributed by atoms with E-state index in [0.29, 0.717) is 55.3 Å². The zero-order valence-corrected chi connectivity index (χ0v) is 20.1. The minimum absolute atomic E-state index is 0.248. The third-order valence-corrected chi connectivity index (χ3v) is 5.61. The van der Waals surface area contributed by atoms with Crippen LogP contribution in [0.4, 0.5) is 42.1 Å². The number of halogens is 3. The van der Waals surface area contributed by atoms with Crippen molar-refractivity contribution in [3.63, 3.8) is 0 Å². The van der Waals surface area contributed by atoms with E-state index in [1.54, 1.807) is 13.0 Å². The molecule has 2 aromatic carbocycles. The first-order valence-electron chi connectivity index (χ1n) is 11.3. The number of nitrogens with one attached hydrogen (secondary N) is 2. The highest BCUT2D eigenvalue weighted by molar-refractivity contribution is 5.84. The molecule has 0 bridgehead atoms. The molecule has 0 unspecified atom stereocenters. The number of anilines is 4. The van der Waals surface area contributed by atoms with Crippen LogP contribution < -0.4 is 25.2 Å². The average molecular weight is 512 g/mol. The molecule has 37 heavy (non-hydrogen) atoms. The maximum Gasteiger partial charge on any atom is 0.573 e. The first-order valence-corrected chi connectivity index (χ1v) is 11.3. The Morgan fingerprint density at radius 1 is 1.08 bits per heavy atom. The van der Waals surface area contributed by atoms with Crippen molar-refractivity contribution in [1.29, 1.82) is 5.26 Å². The van der Waals surface area contributed by atoms with Crippen molar-refractivity contribution < 1.29 is 17.9 Å². The van der Waals surface area contributed by atoms with Crippen LogP contribution in [-0.2, 0) is 0 Å². The van der Waals surface area contributed by atoms with E-state index in [2.05, 4.69) is 35.3 Å². The molecule has 3 aromatic rings. The van der Waals surface area contributed by atoms with Gasteiger partial charge in [-0.05, 0) is 43.7 Å². The van der Waals surface area contributed by atoms with Crippen LogP contribution in [-0.4, -0.2) is 53.3 Å². The fourth-order valence-electron chi connectivity index (χ4n) is 3.83. The SMILES string of the molecule is CC(=Nc1cccc(Nc2ncnc(N3CCN(c4cccc(OC(F)(F)F)c4)CC3)n2)c1C)NC#N. The summed E-state index contributed by atoms with van der Waals surface area (Å²) < 4.78 is 41.7. The number of ether oxygens (including phenoxy) is 1. The Hall–Kier alpha value is -4.60. The number of piperazine rings is 1. The molecule has 10 nitrogen and oxygen atoms in total. The zero-order chi connectivity index (χ0) is 26.4. The van der Waals surface area contributed by atoms with E-state index in [0.717, 1.165) is 11.3 Å². The van der Waals surface area contributed by atoms with Gasteiger partial charge in [0.05, 0.1) is 5.69 Å². The number of alkyl halides is 3. The monoisotopic (exact) mass is 511 g/mol. The summed E-state index contributed by atoms with van der Waals surface area (Å²) in [5.74, 6) is 1.08. The van der Waals surface area contributed by atoms with Crippen LogP contribution in [0.2, 0.25) is 0 Å². The molecule has 2 N–H and O–H groups in total. The lowest BCUT2D eigenvalue weighted by molar-refractivity contribution is -0.274. The van der Waals surface area contributed by atoms with Crippen LogP contribution in [0.5, 0.6) is 5.75 Å². The van der Waals surface area contributed by atoms with Crippen molar-refractivity contribution >= 4 is 34.8 Å². The van der Waals surface area contributed by atoms with E-state index in [4.69, 9.17) is 5.26 Å². The van der Waals surface area contributed by atoms with Gasteiger partial charge in [-0.1, -0.05) is 12.1 Å². The predicted molar refractivity (Wildman–Crippen MR) is 133 cm³/mol. The summed E-state index contributed by atoms with van der Waals surface area (Å²) in [7, 11) is 0. The van der Waals surface area contributed by atoms with Gasteiger partial charge in [-0.2, -0.15) is 10.2 Å². The lowest BCUT2D eigenvalue weighted by Gasteiger charge is -2.36. The topological polar surface area (TPSA) is 115 Å². The molecule has 0 aliphatic carbocycles. The smallest absolute Gasteiger partial charge is 0.406 e. The zero-order valence-electron chi connectivity index (χ0n) is 20.1. The van der Waals surface area contributed by atoms with E-state index >= 15 is 0 Å². The number of amidine groups is 1. The maximum absolute atomic E-state index is 12.6. The summed E-state index contributed by atoms with van der Waals surface area (Å²) in [6, 6.07) is 11.5. The van der Waals surface area contributed by atoms with Gasteiger partial charge in [-0.25, -0.2) is 15.0 Å². The van der Waals surface area contributed by atoms with Crippen molar-refractivity contribution in [2.45, 2.75) is 20.2 Å². The lowest BCUT2D eigenvalue weighted by atomic mass is 10.1. The van der Waals surface area contributed by atoms with E-state index in [-0.39, 0.29) is 5.75 Å². The Morgan fingerprint density at radius 2 is 1.81 bits per heavy atom. The minimum Gasteiger partial charge on any atom is -0.406 e. The van der Waals surface area contributed by atoms with Crippen molar-refractivity contribution in [1.82, 2.24) is 20.3 Å². The molecule has 0 atom stereocenters. The average Bonchev–Trinajstić information content (AvgIpc) is 2.86. The number of rotatable bonds is 6. The summed E-state index contributed by atoms with van der Waals surface area (Å²) in [4.78, 5) is 21.4. The first-order chi connectivity index (χ1) is 17.7. The summed E-state index contributed by atoms with van der Waals surface area (Å²) in [5, 5.41) is 14.5. The normalized spacial score (nSPS) is 14.2. The summed E-state index contributed by atoms with van der Waals surface area (Å²) in [5.41, 5.74) is 2.96. The third-order valence-electron chi connectivity index (χ3n) is 5.61. The highest BCUT2D eigenvalue weighted by atomic mass is 19.4. The van der Waals surface area contributed by atoms with Gasteiger partial charge in [-0.3, -0.25) is 5.32 Å². The number of benzene rings is 2. The molecule has 1 saturated heterocycles. The Bertz CT molecular complexity index is 1320. The molecule has 1 fully saturated rings. The number of hydrogen-bond acceptors (Lipinski definition) is 9. The van der Waals surface area contributed by atoms with Crippen LogP contribution in [0.3, 0.4) is 0 Å². The van der Waals surface area contributed by atoms with Gasteiger partial charge in [0.1, 0.15) is 17.9 Å². The number of aliphatic imine (C=N–C) groups is 1. The van der Waals surface area contributed by atoms with E-state index in [9.17, 15) is 13.2 Å². The fraction of sp³-hybridized carbons (Fsp3) is 0.292. The summed E-state index contributed by atoms with van der Waals surface area (Å²) in [6.07, 6.45) is -1.47. The summed E-state index contributed by atoms with van der Waals surface area (Å²) in [6.45, 7) is 5.88. The molecule has 1 aromatic heterocycles. The first kappa shape index (κ1) is 25.5. The number of nitrogens with zero attached hydrogens (tertiary/aromatic N) is 7. The van der Waals surface area contributed by atoms with Gasteiger partial charge in [0.25, 0.3) is 0 Å². The van der Waals surface area contributed by atoms with Crippen molar-refractivity contribution in [2.24, 2.45) is 4.99 Å². The molecule has 0 spiro atoms. The Kier molecular flexibility index (Phi) is 7.57. The predicted octanol–water partition coefficient (Wildman–Crippen LogP) is 4.27. The van der Waals surface area contributed by atoms with Crippen LogP contribution >= 0.6 is 0 Å². The molecular weight excluding hydrogens is 487 g/mol. The van der Waals surface area contributed by atoms with Gasteiger partial charge in [0.2, 0.25) is 11.9 Å². The lowest BCUT2D eigenvalue weighted by Crippen LogP contribution is -2.47. The molecule has 4 rings (SSSR count). The highest BCUT2D eigenvalue weighted by Gasteiger charge is 2.31. The highest BCUT2D eigenvalue weighted by Crippen LogP contribution is 2.29. The molecule has 0 amide bonds. The number of nitriles is 1. The quantitative estimate of drug-likeness (QED) is 0.217. The second kappa shape index (κ2) is 11.0. The standard InChI is InChI=1S/C24H24F3N9O/c1-16-20(32-17(2)29-14-28)7-4-8-21(16)33-22-30-15-31-23(34-22)36-11-9-35(10-12-36)18-5-3-6-19(13-18)37-24(25,26)27/h3-8,13,15H,9-12H2,1-2H3,(H,29,32)(H,30,31,33,34). The molecular formula is C24H24F3N9O. The molecule has 1 aliphatic rings. The van der Waals surface area contributed by atoms with Gasteiger partial charge in [0.15, 0.2) is 6.19 Å². The van der Waals surface area contributed by atoms with Crippen LogP contribution in [0, 0.1) is 18.4 Å². The third kappa shape index (κ3) is 6.75. The molecule has 192 valence electrons. The van der Waals surface area contributed by atoms with E-state index in [1.807, 2.05) is 41.1 Å².